The van der Waals surface area contributed by atoms with Crippen molar-refractivity contribution in [3.63, 3.8) is 0 Å². The van der Waals surface area contributed by atoms with Crippen molar-refractivity contribution < 1.29 is 17.9 Å². The van der Waals surface area contributed by atoms with Gasteiger partial charge in [0, 0.05) is 17.3 Å². The Kier molecular flexibility index (Phi) is 4.17. The maximum Gasteiger partial charge on any atom is 0.387 e. The first-order chi connectivity index (χ1) is 9.00. The summed E-state index contributed by atoms with van der Waals surface area (Å²) >= 11 is 11.9. The standard InChI is InChI=1S/C12H6Cl2F3NO/c13-7-2-1-3-8(14)10(7)6-4-18-5-9(15)11(6)19-12(16)17/h1-5,12H. The molecule has 0 fully saturated rings. The van der Waals surface area contributed by atoms with Gasteiger partial charge in [0.2, 0.25) is 0 Å². The molecule has 2 rings (SSSR count). The van der Waals surface area contributed by atoms with Crippen molar-refractivity contribution in [2.45, 2.75) is 6.61 Å². The lowest BCUT2D eigenvalue weighted by Crippen LogP contribution is -2.06. The quantitative estimate of drug-likeness (QED) is 0.813. The Morgan fingerprint density at radius 1 is 1.11 bits per heavy atom. The SMILES string of the molecule is Fc1cncc(-c2c(Cl)cccc2Cl)c1OC(F)F. The molecule has 7 heteroatoms. The number of rotatable bonds is 3. The van der Waals surface area contributed by atoms with Crippen molar-refractivity contribution in [2.75, 3.05) is 0 Å². The van der Waals surface area contributed by atoms with Crippen LogP contribution in [0.4, 0.5) is 13.2 Å². The average Bonchev–Trinajstić information content (AvgIpc) is 2.32. The van der Waals surface area contributed by atoms with Crippen LogP contribution >= 0.6 is 23.2 Å². The second kappa shape index (κ2) is 5.67. The molecule has 0 atom stereocenters. The van der Waals surface area contributed by atoms with Gasteiger partial charge < -0.3 is 4.74 Å². The monoisotopic (exact) mass is 307 g/mol. The molecule has 0 saturated heterocycles. The van der Waals surface area contributed by atoms with Crippen molar-refractivity contribution in [1.82, 2.24) is 4.98 Å². The number of hydrogen-bond donors (Lipinski definition) is 0. The normalized spacial score (nSPS) is 10.8. The van der Waals surface area contributed by atoms with Crippen LogP contribution in [0, 0.1) is 5.82 Å². The van der Waals surface area contributed by atoms with Gasteiger partial charge in [-0.05, 0) is 12.1 Å². The molecule has 0 saturated carbocycles. The molecular formula is C12H6Cl2F3NO. The van der Waals surface area contributed by atoms with Crippen molar-refractivity contribution in [3.8, 4) is 16.9 Å². The molecule has 2 nitrogen and oxygen atoms in total. The summed E-state index contributed by atoms with van der Waals surface area (Å²) in [6.45, 7) is -3.17. The molecule has 0 amide bonds. The number of aromatic nitrogens is 1. The highest BCUT2D eigenvalue weighted by Gasteiger charge is 2.20. The molecule has 1 aromatic heterocycles. The minimum absolute atomic E-state index is 0.0316. The van der Waals surface area contributed by atoms with Gasteiger partial charge in [-0.1, -0.05) is 29.3 Å². The topological polar surface area (TPSA) is 22.1 Å². The van der Waals surface area contributed by atoms with Gasteiger partial charge in [-0.2, -0.15) is 8.78 Å². The van der Waals surface area contributed by atoms with Crippen LogP contribution in [-0.4, -0.2) is 11.6 Å². The van der Waals surface area contributed by atoms with Gasteiger partial charge in [0.05, 0.1) is 16.2 Å². The molecule has 0 N–H and O–H groups in total. The zero-order valence-electron chi connectivity index (χ0n) is 9.21. The molecular weight excluding hydrogens is 302 g/mol. The van der Waals surface area contributed by atoms with Gasteiger partial charge in [0.25, 0.3) is 0 Å². The fourth-order valence-corrected chi connectivity index (χ4v) is 2.17. The highest BCUT2D eigenvalue weighted by Crippen LogP contribution is 2.40. The molecule has 0 aliphatic heterocycles. The summed E-state index contributed by atoms with van der Waals surface area (Å²) < 4.78 is 42.4. The van der Waals surface area contributed by atoms with Gasteiger partial charge in [0.15, 0.2) is 11.6 Å². The van der Waals surface area contributed by atoms with E-state index in [1.807, 2.05) is 0 Å². The number of hydrogen-bond acceptors (Lipinski definition) is 2. The van der Waals surface area contributed by atoms with Gasteiger partial charge in [-0.25, -0.2) is 4.39 Å². The van der Waals surface area contributed by atoms with E-state index >= 15 is 0 Å². The molecule has 0 bridgehead atoms. The fourth-order valence-electron chi connectivity index (χ4n) is 1.57. The van der Waals surface area contributed by atoms with E-state index in [4.69, 9.17) is 23.2 Å². The second-order valence-corrected chi connectivity index (χ2v) is 4.29. The Hall–Kier alpha value is -1.46. The molecule has 100 valence electrons. The number of benzene rings is 1. The second-order valence-electron chi connectivity index (χ2n) is 3.47. The Labute approximate surface area is 116 Å². The van der Waals surface area contributed by atoms with Crippen LogP contribution in [-0.2, 0) is 0 Å². The zero-order valence-corrected chi connectivity index (χ0v) is 10.7. The summed E-state index contributed by atoms with van der Waals surface area (Å²) in [6, 6.07) is 4.58. The van der Waals surface area contributed by atoms with Gasteiger partial charge in [-0.3, -0.25) is 4.98 Å². The molecule has 0 spiro atoms. The van der Waals surface area contributed by atoms with Crippen molar-refractivity contribution in [1.29, 1.82) is 0 Å². The third kappa shape index (κ3) is 2.93. The number of ether oxygens (including phenoxy) is 1. The van der Waals surface area contributed by atoms with E-state index in [-0.39, 0.29) is 21.2 Å². The number of halogens is 5. The zero-order chi connectivity index (χ0) is 14.0. The Bertz CT molecular complexity index is 587. The molecule has 19 heavy (non-hydrogen) atoms. The van der Waals surface area contributed by atoms with Gasteiger partial charge in [0.1, 0.15) is 0 Å². The van der Waals surface area contributed by atoms with Gasteiger partial charge >= 0.3 is 6.61 Å². The van der Waals surface area contributed by atoms with E-state index in [0.717, 1.165) is 12.4 Å². The predicted molar refractivity (Wildman–Crippen MR) is 66.3 cm³/mol. The highest BCUT2D eigenvalue weighted by molar-refractivity contribution is 6.39. The summed E-state index contributed by atoms with van der Waals surface area (Å²) in [4.78, 5) is 3.59. The lowest BCUT2D eigenvalue weighted by atomic mass is 10.1. The van der Waals surface area contributed by atoms with E-state index in [9.17, 15) is 13.2 Å². The average molecular weight is 308 g/mol. The third-order valence-electron chi connectivity index (χ3n) is 2.29. The Balaban J connectivity index is 2.65. The first-order valence-corrected chi connectivity index (χ1v) is 5.79. The molecule has 0 radical (unpaired) electrons. The number of pyridine rings is 1. The summed E-state index contributed by atoms with van der Waals surface area (Å²) in [5, 5.41) is 0.359. The van der Waals surface area contributed by atoms with Crippen LogP contribution in [0.5, 0.6) is 5.75 Å². The van der Waals surface area contributed by atoms with Crippen molar-refractivity contribution in [2.24, 2.45) is 0 Å². The fraction of sp³-hybridized carbons (Fsp3) is 0.0833. The first kappa shape index (κ1) is 14.0. The molecule has 1 aromatic carbocycles. The van der Waals surface area contributed by atoms with Crippen molar-refractivity contribution >= 4 is 23.2 Å². The summed E-state index contributed by atoms with van der Waals surface area (Å²) in [5.41, 5.74) is 0.157. The largest absolute Gasteiger partial charge is 0.431 e. The lowest BCUT2D eigenvalue weighted by Gasteiger charge is -2.13. The van der Waals surface area contributed by atoms with E-state index in [0.29, 0.717) is 0 Å². The van der Waals surface area contributed by atoms with E-state index in [2.05, 4.69) is 9.72 Å². The van der Waals surface area contributed by atoms with Crippen LogP contribution in [0.3, 0.4) is 0 Å². The molecule has 0 aliphatic carbocycles. The maximum absolute atomic E-state index is 13.6. The van der Waals surface area contributed by atoms with Crippen LogP contribution < -0.4 is 4.74 Å². The van der Waals surface area contributed by atoms with E-state index < -0.39 is 18.2 Å². The van der Waals surface area contributed by atoms with E-state index in [1.165, 1.54) is 12.1 Å². The van der Waals surface area contributed by atoms with Crippen LogP contribution in [0.15, 0.2) is 30.6 Å². The lowest BCUT2D eigenvalue weighted by molar-refractivity contribution is -0.0518. The number of nitrogens with zero attached hydrogens (tertiary/aromatic N) is 1. The molecule has 2 aromatic rings. The highest BCUT2D eigenvalue weighted by atomic mass is 35.5. The summed E-state index contributed by atoms with van der Waals surface area (Å²) in [5.74, 6) is -1.66. The number of alkyl halides is 2. The third-order valence-corrected chi connectivity index (χ3v) is 2.92. The summed E-state index contributed by atoms with van der Waals surface area (Å²) in [7, 11) is 0. The maximum atomic E-state index is 13.6. The van der Waals surface area contributed by atoms with Crippen LogP contribution in [0.1, 0.15) is 0 Å². The minimum atomic E-state index is -3.17. The molecule has 0 aliphatic rings. The Morgan fingerprint density at radius 2 is 1.74 bits per heavy atom. The molecule has 0 unspecified atom stereocenters. The predicted octanol–water partition coefficient (Wildman–Crippen LogP) is 4.80. The smallest absolute Gasteiger partial charge is 0.387 e. The Morgan fingerprint density at radius 3 is 2.32 bits per heavy atom. The van der Waals surface area contributed by atoms with Crippen LogP contribution in [0.2, 0.25) is 10.0 Å². The van der Waals surface area contributed by atoms with Gasteiger partial charge in [-0.15, -0.1) is 0 Å². The molecule has 1 heterocycles. The summed E-state index contributed by atoms with van der Waals surface area (Å²) in [6.07, 6.45) is 1.93. The minimum Gasteiger partial charge on any atom is -0.431 e. The first-order valence-electron chi connectivity index (χ1n) is 5.03. The van der Waals surface area contributed by atoms with Crippen LogP contribution in [0.25, 0.3) is 11.1 Å². The van der Waals surface area contributed by atoms with Crippen molar-refractivity contribution in [3.05, 3.63) is 46.5 Å². The van der Waals surface area contributed by atoms with E-state index in [1.54, 1.807) is 6.07 Å².